The normalized spacial score (nSPS) is 10.9. The monoisotopic (exact) mass is 313 g/mol. The second kappa shape index (κ2) is 6.52. The molecule has 0 radical (unpaired) electrons. The number of hydrogen-bond acceptors (Lipinski definition) is 4. The Morgan fingerprint density at radius 2 is 1.91 bits per heavy atom. The lowest BCUT2D eigenvalue weighted by molar-refractivity contribution is 0.0633. The average Bonchev–Trinajstić information content (AvgIpc) is 2.44. The second-order valence-electron chi connectivity index (χ2n) is 5.94. The smallest absolute Gasteiger partial charge is 0.412 e. The van der Waals surface area contributed by atoms with Gasteiger partial charge in [-0.3, -0.25) is 5.32 Å². The first-order valence-corrected chi connectivity index (χ1v) is 7.15. The summed E-state index contributed by atoms with van der Waals surface area (Å²) in [4.78, 5) is 23.8. The number of anilines is 1. The van der Waals surface area contributed by atoms with Gasteiger partial charge in [-0.2, -0.15) is 0 Å². The Labute approximate surface area is 134 Å². The quantitative estimate of drug-likeness (QED) is 0.670. The van der Waals surface area contributed by atoms with Gasteiger partial charge in [-0.05, 0) is 49.7 Å². The lowest BCUT2D eigenvalue weighted by atomic mass is 10.0. The SMILES string of the molecule is C=COC(=O)c1cccc2ccc(NC(=O)OC(C)(C)C)cc12. The third-order valence-electron chi connectivity index (χ3n) is 2.94. The molecule has 5 heteroatoms. The lowest BCUT2D eigenvalue weighted by Gasteiger charge is -2.19. The molecule has 2 aromatic carbocycles. The van der Waals surface area contributed by atoms with Crippen LogP contribution < -0.4 is 5.32 Å². The molecule has 0 unspecified atom stereocenters. The highest BCUT2D eigenvalue weighted by molar-refractivity contribution is 6.06. The van der Waals surface area contributed by atoms with Gasteiger partial charge in [-0.1, -0.05) is 24.8 Å². The van der Waals surface area contributed by atoms with Crippen LogP contribution in [0.3, 0.4) is 0 Å². The fourth-order valence-corrected chi connectivity index (χ4v) is 2.09. The highest BCUT2D eigenvalue weighted by atomic mass is 16.6. The second-order valence-corrected chi connectivity index (χ2v) is 5.94. The van der Waals surface area contributed by atoms with Crippen LogP contribution in [-0.4, -0.2) is 17.7 Å². The van der Waals surface area contributed by atoms with E-state index in [1.54, 1.807) is 45.0 Å². The van der Waals surface area contributed by atoms with Crippen molar-refractivity contribution in [3.63, 3.8) is 0 Å². The fraction of sp³-hybridized carbons (Fsp3) is 0.222. The van der Waals surface area contributed by atoms with Crippen LogP contribution in [-0.2, 0) is 9.47 Å². The highest BCUT2D eigenvalue weighted by Gasteiger charge is 2.17. The largest absolute Gasteiger partial charge is 0.444 e. The lowest BCUT2D eigenvalue weighted by Crippen LogP contribution is -2.27. The molecule has 0 bridgehead atoms. The summed E-state index contributed by atoms with van der Waals surface area (Å²) in [5, 5.41) is 4.19. The molecule has 0 aliphatic heterocycles. The number of benzene rings is 2. The number of fused-ring (bicyclic) bond motifs is 1. The average molecular weight is 313 g/mol. The number of hydrogen-bond donors (Lipinski definition) is 1. The molecule has 2 aromatic rings. The van der Waals surface area contributed by atoms with Crippen molar-refractivity contribution in [2.24, 2.45) is 0 Å². The van der Waals surface area contributed by atoms with Gasteiger partial charge in [0, 0.05) is 5.69 Å². The molecule has 0 aromatic heterocycles. The van der Waals surface area contributed by atoms with E-state index >= 15 is 0 Å². The summed E-state index contributed by atoms with van der Waals surface area (Å²) >= 11 is 0. The predicted octanol–water partition coefficient (Wildman–Crippen LogP) is 4.49. The van der Waals surface area contributed by atoms with Crippen molar-refractivity contribution < 1.29 is 19.1 Å². The van der Waals surface area contributed by atoms with Crippen molar-refractivity contribution >= 4 is 28.5 Å². The van der Waals surface area contributed by atoms with E-state index in [1.165, 1.54) is 0 Å². The molecule has 120 valence electrons. The first-order valence-electron chi connectivity index (χ1n) is 7.15. The third-order valence-corrected chi connectivity index (χ3v) is 2.94. The van der Waals surface area contributed by atoms with Crippen LogP contribution >= 0.6 is 0 Å². The van der Waals surface area contributed by atoms with E-state index in [-0.39, 0.29) is 0 Å². The molecule has 0 saturated carbocycles. The van der Waals surface area contributed by atoms with Gasteiger partial charge in [-0.25, -0.2) is 9.59 Å². The number of amides is 1. The van der Waals surface area contributed by atoms with Crippen molar-refractivity contribution in [1.82, 2.24) is 0 Å². The van der Waals surface area contributed by atoms with Gasteiger partial charge in [-0.15, -0.1) is 0 Å². The Morgan fingerprint density at radius 1 is 1.17 bits per heavy atom. The van der Waals surface area contributed by atoms with Gasteiger partial charge < -0.3 is 9.47 Å². The minimum Gasteiger partial charge on any atom is -0.444 e. The minimum absolute atomic E-state index is 0.398. The van der Waals surface area contributed by atoms with E-state index < -0.39 is 17.7 Å². The molecule has 23 heavy (non-hydrogen) atoms. The Kier molecular flexibility index (Phi) is 4.69. The molecule has 2 rings (SSSR count). The zero-order valence-electron chi connectivity index (χ0n) is 13.4. The molecule has 0 aliphatic rings. The summed E-state index contributed by atoms with van der Waals surface area (Å²) in [6.45, 7) is 8.74. The summed E-state index contributed by atoms with van der Waals surface area (Å²) in [5.41, 5.74) is 0.348. The first-order chi connectivity index (χ1) is 10.8. The third kappa shape index (κ3) is 4.32. The number of carbonyl (C=O) groups excluding carboxylic acids is 2. The van der Waals surface area contributed by atoms with Crippen LogP contribution in [0.4, 0.5) is 10.5 Å². The molecule has 0 heterocycles. The van der Waals surface area contributed by atoms with Crippen LogP contribution in [0.1, 0.15) is 31.1 Å². The number of esters is 1. The van der Waals surface area contributed by atoms with E-state index in [1.807, 2.05) is 12.1 Å². The van der Waals surface area contributed by atoms with E-state index in [0.29, 0.717) is 16.6 Å². The maximum atomic E-state index is 12.0. The van der Waals surface area contributed by atoms with Crippen LogP contribution in [0.2, 0.25) is 0 Å². The molecule has 0 spiro atoms. The molecule has 0 aliphatic carbocycles. The van der Waals surface area contributed by atoms with Crippen molar-refractivity contribution in [1.29, 1.82) is 0 Å². The predicted molar refractivity (Wildman–Crippen MR) is 89.4 cm³/mol. The number of ether oxygens (including phenoxy) is 2. The van der Waals surface area contributed by atoms with E-state index in [4.69, 9.17) is 9.47 Å². The number of carbonyl (C=O) groups is 2. The van der Waals surface area contributed by atoms with Gasteiger partial charge in [0.15, 0.2) is 0 Å². The van der Waals surface area contributed by atoms with Crippen LogP contribution in [0.5, 0.6) is 0 Å². The molecule has 1 amide bonds. The summed E-state index contributed by atoms with van der Waals surface area (Å²) in [6, 6.07) is 10.6. The topological polar surface area (TPSA) is 64.6 Å². The van der Waals surface area contributed by atoms with Gasteiger partial charge in [0.05, 0.1) is 11.8 Å². The molecular formula is C18H19NO4. The van der Waals surface area contributed by atoms with Gasteiger partial charge >= 0.3 is 12.1 Å². The number of rotatable bonds is 3. The fourth-order valence-electron chi connectivity index (χ4n) is 2.09. The Hall–Kier alpha value is -2.82. The van der Waals surface area contributed by atoms with Crippen molar-refractivity contribution in [2.45, 2.75) is 26.4 Å². The molecule has 0 atom stereocenters. The summed E-state index contributed by atoms with van der Waals surface area (Å²) < 4.78 is 10.1. The van der Waals surface area contributed by atoms with E-state index in [9.17, 15) is 9.59 Å². The Morgan fingerprint density at radius 3 is 2.57 bits per heavy atom. The van der Waals surface area contributed by atoms with Gasteiger partial charge in [0.1, 0.15) is 5.60 Å². The zero-order chi connectivity index (χ0) is 17.0. The Balaban J connectivity index is 2.33. The summed E-state index contributed by atoms with van der Waals surface area (Å²) in [6.07, 6.45) is 0.534. The maximum absolute atomic E-state index is 12.0. The summed E-state index contributed by atoms with van der Waals surface area (Å²) in [5.74, 6) is -0.500. The van der Waals surface area contributed by atoms with Crippen LogP contribution in [0.15, 0.2) is 49.2 Å². The van der Waals surface area contributed by atoms with Gasteiger partial charge in [0.25, 0.3) is 0 Å². The maximum Gasteiger partial charge on any atom is 0.412 e. The highest BCUT2D eigenvalue weighted by Crippen LogP contribution is 2.24. The van der Waals surface area contributed by atoms with Gasteiger partial charge in [0.2, 0.25) is 0 Å². The first kappa shape index (κ1) is 16.5. The molecule has 1 N–H and O–H groups in total. The van der Waals surface area contributed by atoms with Crippen molar-refractivity contribution in [3.8, 4) is 0 Å². The molecule has 5 nitrogen and oxygen atoms in total. The Bertz CT molecular complexity index is 759. The number of nitrogens with one attached hydrogen (secondary N) is 1. The zero-order valence-corrected chi connectivity index (χ0v) is 13.4. The molecule has 0 fully saturated rings. The van der Waals surface area contributed by atoms with E-state index in [2.05, 4.69) is 11.9 Å². The summed E-state index contributed by atoms with van der Waals surface area (Å²) in [7, 11) is 0. The van der Waals surface area contributed by atoms with Crippen LogP contribution in [0.25, 0.3) is 10.8 Å². The van der Waals surface area contributed by atoms with Crippen molar-refractivity contribution in [2.75, 3.05) is 5.32 Å². The standard InChI is InChI=1S/C18H19NO4/c1-5-22-16(20)14-8-6-7-12-9-10-13(11-15(12)14)19-17(21)23-18(2,3)4/h5-11H,1H2,2-4H3,(H,19,21). The molecular weight excluding hydrogens is 294 g/mol. The van der Waals surface area contributed by atoms with Crippen LogP contribution in [0, 0.1) is 0 Å². The minimum atomic E-state index is -0.583. The van der Waals surface area contributed by atoms with Crippen molar-refractivity contribution in [3.05, 3.63) is 54.8 Å². The molecule has 0 saturated heterocycles. The van der Waals surface area contributed by atoms with E-state index in [0.717, 1.165) is 11.6 Å².